The van der Waals surface area contributed by atoms with Crippen LogP contribution in [0, 0.1) is 5.41 Å². The van der Waals surface area contributed by atoms with Crippen molar-refractivity contribution in [2.75, 3.05) is 18.9 Å². The van der Waals surface area contributed by atoms with E-state index in [4.69, 9.17) is 34.0 Å². The molecular weight excluding hydrogens is 311 g/mol. The normalized spacial score (nSPS) is 17.4. The second kappa shape index (κ2) is 5.10. The summed E-state index contributed by atoms with van der Waals surface area (Å²) in [6, 6.07) is 2.51. The second-order valence-corrected chi connectivity index (χ2v) is 7.36. The molecule has 106 valence electrons. The first-order valence-electron chi connectivity index (χ1n) is 5.65. The summed E-state index contributed by atoms with van der Waals surface area (Å²) in [6.07, 6.45) is 1.63. The molecule has 19 heavy (non-hydrogen) atoms. The summed E-state index contributed by atoms with van der Waals surface area (Å²) in [4.78, 5) is -0.0366. The van der Waals surface area contributed by atoms with E-state index in [1.165, 1.54) is 12.1 Å². The largest absolute Gasteiger partial charge is 0.396 e. The Kier molecular flexibility index (Phi) is 3.99. The van der Waals surface area contributed by atoms with Gasteiger partial charge in [0.05, 0.1) is 20.6 Å². The fourth-order valence-corrected chi connectivity index (χ4v) is 3.44. The number of hydrogen-bond acceptors (Lipinski definition) is 4. The molecule has 8 heteroatoms. The van der Waals surface area contributed by atoms with E-state index in [-0.39, 0.29) is 39.2 Å². The van der Waals surface area contributed by atoms with Gasteiger partial charge in [-0.3, -0.25) is 0 Å². The lowest BCUT2D eigenvalue weighted by molar-refractivity contribution is 0.213. The van der Waals surface area contributed by atoms with Crippen LogP contribution in [-0.2, 0) is 10.0 Å². The van der Waals surface area contributed by atoms with Gasteiger partial charge in [0.15, 0.2) is 0 Å². The quantitative estimate of drug-likeness (QED) is 0.718. The molecule has 0 saturated heterocycles. The number of rotatable bonds is 5. The summed E-state index contributed by atoms with van der Waals surface area (Å²) in [5.41, 5.74) is 5.39. The topological polar surface area (TPSA) is 92.4 Å². The highest BCUT2D eigenvalue weighted by Gasteiger charge is 2.42. The maximum Gasteiger partial charge on any atom is 0.240 e. The van der Waals surface area contributed by atoms with Gasteiger partial charge in [-0.2, -0.15) is 0 Å². The van der Waals surface area contributed by atoms with Crippen LogP contribution in [0.3, 0.4) is 0 Å². The van der Waals surface area contributed by atoms with Crippen LogP contribution in [0.15, 0.2) is 17.0 Å². The molecule has 0 unspecified atom stereocenters. The van der Waals surface area contributed by atoms with Crippen LogP contribution >= 0.6 is 23.2 Å². The molecule has 0 aliphatic heterocycles. The third-order valence-electron chi connectivity index (χ3n) is 3.29. The molecule has 2 rings (SSSR count). The first-order valence-corrected chi connectivity index (χ1v) is 7.89. The van der Waals surface area contributed by atoms with Crippen LogP contribution < -0.4 is 10.5 Å². The highest BCUT2D eigenvalue weighted by Crippen LogP contribution is 2.44. The fraction of sp³-hybridized carbons (Fsp3) is 0.455. The Morgan fingerprint density at radius 3 is 2.26 bits per heavy atom. The summed E-state index contributed by atoms with van der Waals surface area (Å²) in [6.45, 7) is 0.171. The number of sulfonamides is 1. The van der Waals surface area contributed by atoms with Crippen molar-refractivity contribution in [1.29, 1.82) is 0 Å². The molecule has 0 atom stereocenters. The van der Waals surface area contributed by atoms with E-state index < -0.39 is 10.0 Å². The molecule has 5 nitrogen and oxygen atoms in total. The van der Waals surface area contributed by atoms with Crippen LogP contribution in [0.5, 0.6) is 0 Å². The maximum absolute atomic E-state index is 12.1. The van der Waals surface area contributed by atoms with Crippen LogP contribution in [0.25, 0.3) is 0 Å². The molecule has 1 aromatic rings. The van der Waals surface area contributed by atoms with Crippen molar-refractivity contribution in [2.24, 2.45) is 5.41 Å². The minimum atomic E-state index is -3.71. The Morgan fingerprint density at radius 1 is 1.32 bits per heavy atom. The van der Waals surface area contributed by atoms with E-state index in [2.05, 4.69) is 4.72 Å². The van der Waals surface area contributed by atoms with Crippen LogP contribution in [0.2, 0.25) is 10.0 Å². The monoisotopic (exact) mass is 324 g/mol. The molecular formula is C11H14Cl2N2O3S. The van der Waals surface area contributed by atoms with Crippen molar-refractivity contribution in [3.63, 3.8) is 0 Å². The molecule has 1 fully saturated rings. The lowest BCUT2D eigenvalue weighted by Crippen LogP contribution is -2.32. The minimum Gasteiger partial charge on any atom is -0.396 e. The minimum absolute atomic E-state index is 0.0290. The smallest absolute Gasteiger partial charge is 0.240 e. The standard InChI is InChI=1S/C11H14Cl2N2O3S/c12-8-3-7(4-9(13)10(8)14)19(17,18)15-5-11(6-16)1-2-11/h3-4,15-16H,1-2,5-6,14H2. The van der Waals surface area contributed by atoms with Gasteiger partial charge in [-0.1, -0.05) is 23.2 Å². The number of hydrogen-bond donors (Lipinski definition) is 3. The summed E-state index contributed by atoms with van der Waals surface area (Å²) in [5, 5.41) is 9.34. The predicted octanol–water partition coefficient (Wildman–Crippen LogP) is 1.63. The number of anilines is 1. The Bertz CT molecular complexity index is 577. The average molecular weight is 325 g/mol. The zero-order valence-electron chi connectivity index (χ0n) is 9.99. The Morgan fingerprint density at radius 2 is 1.84 bits per heavy atom. The molecule has 0 heterocycles. The lowest BCUT2D eigenvalue weighted by Gasteiger charge is -2.14. The maximum atomic E-state index is 12.1. The van der Waals surface area contributed by atoms with E-state index in [1.54, 1.807) is 0 Å². The SMILES string of the molecule is Nc1c(Cl)cc(S(=O)(=O)NCC2(CO)CC2)cc1Cl. The predicted molar refractivity (Wildman–Crippen MR) is 74.8 cm³/mol. The number of nitrogens with two attached hydrogens (primary N) is 1. The van der Waals surface area contributed by atoms with Gasteiger partial charge in [-0.05, 0) is 25.0 Å². The molecule has 1 aliphatic rings. The highest BCUT2D eigenvalue weighted by atomic mass is 35.5. The fourth-order valence-electron chi connectivity index (χ4n) is 1.62. The molecule has 0 amide bonds. The van der Waals surface area contributed by atoms with E-state index in [0.717, 1.165) is 12.8 Å². The number of nitrogens with one attached hydrogen (secondary N) is 1. The van der Waals surface area contributed by atoms with Crippen molar-refractivity contribution in [3.8, 4) is 0 Å². The summed E-state index contributed by atoms with van der Waals surface area (Å²) >= 11 is 11.6. The van der Waals surface area contributed by atoms with E-state index in [1.807, 2.05) is 0 Å². The van der Waals surface area contributed by atoms with Gasteiger partial charge in [-0.25, -0.2) is 13.1 Å². The van der Waals surface area contributed by atoms with E-state index in [9.17, 15) is 8.42 Å². The van der Waals surface area contributed by atoms with E-state index in [0.29, 0.717) is 0 Å². The second-order valence-electron chi connectivity index (χ2n) is 4.78. The number of halogens is 2. The summed E-state index contributed by atoms with van der Waals surface area (Å²) in [5.74, 6) is 0. The van der Waals surface area contributed by atoms with Gasteiger partial charge in [0.2, 0.25) is 10.0 Å². The first kappa shape index (κ1) is 14.9. The van der Waals surface area contributed by atoms with Crippen molar-refractivity contribution >= 4 is 38.9 Å². The molecule has 0 spiro atoms. The molecule has 1 aliphatic carbocycles. The van der Waals surface area contributed by atoms with Gasteiger partial charge in [0.25, 0.3) is 0 Å². The molecule has 4 N–H and O–H groups in total. The summed E-state index contributed by atoms with van der Waals surface area (Å²) < 4.78 is 26.6. The average Bonchev–Trinajstić information content (AvgIpc) is 3.14. The van der Waals surface area contributed by atoms with Gasteiger partial charge in [0.1, 0.15) is 0 Å². The number of aliphatic hydroxyl groups is 1. The van der Waals surface area contributed by atoms with Gasteiger partial charge < -0.3 is 10.8 Å². The van der Waals surface area contributed by atoms with Crippen LogP contribution in [0.1, 0.15) is 12.8 Å². The number of nitrogen functional groups attached to an aromatic ring is 1. The Balaban J connectivity index is 2.20. The molecule has 0 aromatic heterocycles. The number of benzene rings is 1. The highest BCUT2D eigenvalue weighted by molar-refractivity contribution is 7.89. The van der Waals surface area contributed by atoms with Gasteiger partial charge in [-0.15, -0.1) is 0 Å². The molecule has 1 aromatic carbocycles. The van der Waals surface area contributed by atoms with Crippen molar-refractivity contribution in [2.45, 2.75) is 17.7 Å². The van der Waals surface area contributed by atoms with Crippen molar-refractivity contribution in [1.82, 2.24) is 4.72 Å². The third kappa shape index (κ3) is 3.14. The molecule has 1 saturated carbocycles. The molecule has 0 bridgehead atoms. The van der Waals surface area contributed by atoms with E-state index >= 15 is 0 Å². The zero-order chi connectivity index (χ0) is 14.3. The third-order valence-corrected chi connectivity index (χ3v) is 5.30. The Labute approximate surface area is 121 Å². The van der Waals surface area contributed by atoms with Gasteiger partial charge >= 0.3 is 0 Å². The molecule has 0 radical (unpaired) electrons. The van der Waals surface area contributed by atoms with Crippen LogP contribution in [0.4, 0.5) is 5.69 Å². The van der Waals surface area contributed by atoms with Gasteiger partial charge in [0, 0.05) is 18.6 Å². The number of aliphatic hydroxyl groups excluding tert-OH is 1. The summed E-state index contributed by atoms with van der Waals surface area (Å²) in [7, 11) is -3.71. The Hall–Kier alpha value is -0.530. The van der Waals surface area contributed by atoms with Crippen molar-refractivity contribution in [3.05, 3.63) is 22.2 Å². The van der Waals surface area contributed by atoms with Crippen LogP contribution in [-0.4, -0.2) is 26.7 Å². The first-order chi connectivity index (χ1) is 8.80. The van der Waals surface area contributed by atoms with Crippen molar-refractivity contribution < 1.29 is 13.5 Å². The zero-order valence-corrected chi connectivity index (χ0v) is 12.3. The lowest BCUT2D eigenvalue weighted by atomic mass is 10.1.